The van der Waals surface area contributed by atoms with E-state index >= 15 is 0 Å². The first kappa shape index (κ1) is 61.9. The van der Waals surface area contributed by atoms with Crippen LogP contribution in [0.4, 0.5) is 5.69 Å². The molecular formula is C96H58N12. The number of allylic oxidation sites excluding steroid dienone is 1. The zero-order valence-corrected chi connectivity index (χ0v) is 57.9. The second kappa shape index (κ2) is 25.6. The van der Waals surface area contributed by atoms with Gasteiger partial charge in [0.1, 0.15) is 0 Å². The van der Waals surface area contributed by atoms with Crippen molar-refractivity contribution in [3.05, 3.63) is 340 Å². The van der Waals surface area contributed by atoms with Crippen molar-refractivity contribution in [1.29, 1.82) is 0 Å². The maximum atomic E-state index is 5.11. The molecule has 12 nitrogen and oxygen atoms in total. The molecule has 0 saturated heterocycles. The average Bonchev–Trinajstić information content (AvgIpc) is 0.759. The Morgan fingerprint density at radius 1 is 0.222 bits per heavy atom. The minimum atomic E-state index is 0.872. The molecule has 0 bridgehead atoms. The van der Waals surface area contributed by atoms with Gasteiger partial charge in [0.25, 0.3) is 0 Å². The largest absolute Gasteiger partial charge is 0.360 e. The number of nitrogens with zero attached hydrogens (tertiary/aromatic N) is 11. The lowest BCUT2D eigenvalue weighted by Crippen LogP contribution is -2.04. The average molecular weight is 1380 g/mol. The first-order valence-electron chi connectivity index (χ1n) is 36.0. The fraction of sp³-hybridized carbons (Fsp3) is 0.0104. The second-order valence-corrected chi connectivity index (χ2v) is 27.4. The van der Waals surface area contributed by atoms with Crippen LogP contribution in [-0.4, -0.2) is 54.8 Å². The minimum absolute atomic E-state index is 0.872. The van der Waals surface area contributed by atoms with E-state index in [2.05, 4.69) is 289 Å². The number of rotatable bonds is 8. The van der Waals surface area contributed by atoms with Gasteiger partial charge in [-0.2, -0.15) is 0 Å². The summed E-state index contributed by atoms with van der Waals surface area (Å²) in [6, 6.07) is 97.7. The van der Waals surface area contributed by atoms with Crippen LogP contribution < -0.4 is 5.32 Å². The lowest BCUT2D eigenvalue weighted by Gasteiger charge is -2.19. The van der Waals surface area contributed by atoms with E-state index in [1.807, 2.05) is 86.0 Å². The summed E-state index contributed by atoms with van der Waals surface area (Å²) in [6.45, 7) is 0. The van der Waals surface area contributed by atoms with Gasteiger partial charge < -0.3 is 5.32 Å². The van der Waals surface area contributed by atoms with E-state index in [0.717, 1.165) is 210 Å². The summed E-state index contributed by atoms with van der Waals surface area (Å²) in [4.78, 5) is 52.9. The highest BCUT2D eigenvalue weighted by Gasteiger charge is 2.20. The Kier molecular flexibility index (Phi) is 14.7. The van der Waals surface area contributed by atoms with Crippen LogP contribution in [0.25, 0.3) is 209 Å². The van der Waals surface area contributed by atoms with E-state index in [9.17, 15) is 0 Å². The molecule has 22 rings (SSSR count). The maximum absolute atomic E-state index is 5.11. The molecule has 0 amide bonds. The number of nitrogens with one attached hydrogen (secondary N) is 1. The zero-order chi connectivity index (χ0) is 71.2. The van der Waals surface area contributed by atoms with Gasteiger partial charge in [0, 0.05) is 125 Å². The molecule has 0 saturated carbocycles. The lowest BCUT2D eigenvalue weighted by atomic mass is 9.91. The van der Waals surface area contributed by atoms with Crippen molar-refractivity contribution in [2.24, 2.45) is 0 Å². The molecule has 108 heavy (non-hydrogen) atoms. The number of benzene rings is 10. The summed E-state index contributed by atoms with van der Waals surface area (Å²) >= 11 is 0. The Balaban J connectivity index is 0.000000138. The summed E-state index contributed by atoms with van der Waals surface area (Å²) in [5.74, 6) is 0. The highest BCUT2D eigenvalue weighted by atomic mass is 14.9. The minimum Gasteiger partial charge on any atom is -0.360 e. The van der Waals surface area contributed by atoms with Crippen LogP contribution in [0.5, 0.6) is 0 Å². The molecule has 1 N–H and O–H groups in total. The third kappa shape index (κ3) is 10.9. The summed E-state index contributed by atoms with van der Waals surface area (Å²) < 4.78 is 0. The Bertz CT molecular complexity index is 7320. The SMILES string of the molecule is C1=CNc2c(c(-c3ccc(-c4ccc5cc(-c6ccc7nc(-c8cc9cccnc9c9ncccc89)ccc7c6)ccc5n4)cc3)cc3cccnc23)C1.c1cnc2c(c1)ccc1c(-c3ccc(-c4ccc5cc(-c6ccc7nc(-c8cc9cccnc9c9ncccc89)ccc7c6)ccc5n4)cc3)ccnc12. The fourth-order valence-corrected chi connectivity index (χ4v) is 15.7. The molecule has 0 unspecified atom stereocenters. The van der Waals surface area contributed by atoms with E-state index < -0.39 is 0 Å². The highest BCUT2D eigenvalue weighted by molar-refractivity contribution is 6.12. The second-order valence-electron chi connectivity index (χ2n) is 27.4. The quantitative estimate of drug-likeness (QED) is 0.144. The van der Waals surface area contributed by atoms with Gasteiger partial charge in [-0.3, -0.25) is 34.9 Å². The van der Waals surface area contributed by atoms with Crippen molar-refractivity contribution in [1.82, 2.24) is 54.8 Å². The van der Waals surface area contributed by atoms with E-state index in [-0.39, 0.29) is 0 Å². The van der Waals surface area contributed by atoms with E-state index in [4.69, 9.17) is 19.9 Å². The van der Waals surface area contributed by atoms with Crippen molar-refractivity contribution in [3.63, 3.8) is 0 Å². The van der Waals surface area contributed by atoms with Crippen LogP contribution >= 0.6 is 0 Å². The van der Waals surface area contributed by atoms with Crippen molar-refractivity contribution in [2.45, 2.75) is 6.42 Å². The van der Waals surface area contributed by atoms with Gasteiger partial charge in [-0.1, -0.05) is 152 Å². The van der Waals surface area contributed by atoms with E-state index in [0.29, 0.717) is 0 Å². The van der Waals surface area contributed by atoms with Gasteiger partial charge >= 0.3 is 0 Å². The van der Waals surface area contributed by atoms with Crippen LogP contribution in [-0.2, 0) is 6.42 Å². The van der Waals surface area contributed by atoms with Crippen molar-refractivity contribution in [3.8, 4) is 89.5 Å². The summed E-state index contributed by atoms with van der Waals surface area (Å²) in [5, 5.41) is 15.3. The van der Waals surface area contributed by atoms with Gasteiger partial charge in [-0.25, -0.2) is 19.9 Å². The van der Waals surface area contributed by atoms with Crippen molar-refractivity contribution >= 4 is 126 Å². The smallest absolute Gasteiger partial charge is 0.0971 e. The number of anilines is 1. The number of hydrogen-bond donors (Lipinski definition) is 1. The first-order chi connectivity index (χ1) is 53.5. The highest BCUT2D eigenvalue weighted by Crippen LogP contribution is 2.42. The van der Waals surface area contributed by atoms with Crippen LogP contribution in [0, 0.1) is 0 Å². The normalized spacial score (nSPS) is 12.1. The number of hydrogen-bond acceptors (Lipinski definition) is 12. The predicted molar refractivity (Wildman–Crippen MR) is 441 cm³/mol. The fourth-order valence-electron chi connectivity index (χ4n) is 15.7. The van der Waals surface area contributed by atoms with Crippen molar-refractivity contribution < 1.29 is 0 Å². The number of fused-ring (bicyclic) bond motifs is 16. The number of aromatic nitrogens is 11. The molecule has 502 valence electrons. The van der Waals surface area contributed by atoms with Crippen LogP contribution in [0.2, 0.25) is 0 Å². The molecule has 0 atom stereocenters. The molecule has 0 radical (unpaired) electrons. The van der Waals surface area contributed by atoms with Crippen LogP contribution in [0.15, 0.2) is 335 Å². The topological polar surface area (TPSA) is 154 Å². The molecule has 1 aliphatic heterocycles. The summed E-state index contributed by atoms with van der Waals surface area (Å²) in [7, 11) is 0. The Hall–Kier alpha value is -14.8. The molecule has 0 aliphatic carbocycles. The standard InChI is InChI=1S/C48H30N6.C48H28N6/c1-5-35-27-39(37-7-3-23-51-47(37)45(35)49-21-1)29-9-11-30(12-10-29)41-19-15-33-25-31(13-17-42(33)53-41)32-14-18-43-34(26-32)16-20-44(54-43)40-28-36-6-2-22-50-46(36)48-38(40)8-4-24-52-48;1-4-31-11-16-39-37(21-25-52-48(39)45(31)49-22-1)29-7-9-30(10-8-29)41-19-14-34-26-32(12-17-42(34)53-41)33-13-18-43-35(27-33)15-20-44(54-43)40-28-36-5-2-23-50-46(36)47-38(40)6-3-24-51-47/h1-6,8-28,51H,7H2;1-28H. The summed E-state index contributed by atoms with van der Waals surface area (Å²) in [5.41, 5.74) is 29.9. The van der Waals surface area contributed by atoms with Crippen molar-refractivity contribution in [2.75, 3.05) is 5.32 Å². The lowest BCUT2D eigenvalue weighted by molar-refractivity contribution is 1.23. The number of pyridine rings is 11. The monoisotopic (exact) mass is 1380 g/mol. The molecular weight excluding hydrogens is 1320 g/mol. The third-order valence-corrected chi connectivity index (χ3v) is 21.0. The molecule has 11 aromatic heterocycles. The van der Waals surface area contributed by atoms with Crippen LogP contribution in [0.1, 0.15) is 5.56 Å². The van der Waals surface area contributed by atoms with Gasteiger partial charge in [0.2, 0.25) is 0 Å². The Labute approximate surface area is 618 Å². The van der Waals surface area contributed by atoms with Gasteiger partial charge in [0.05, 0.1) is 89.1 Å². The molecule has 10 aromatic carbocycles. The van der Waals surface area contributed by atoms with Gasteiger partial charge in [-0.15, -0.1) is 0 Å². The molecule has 21 aromatic rings. The third-order valence-electron chi connectivity index (χ3n) is 21.0. The summed E-state index contributed by atoms with van der Waals surface area (Å²) in [6.07, 6.45) is 17.9. The molecule has 12 heteroatoms. The van der Waals surface area contributed by atoms with Crippen LogP contribution in [0.3, 0.4) is 0 Å². The molecule has 12 heterocycles. The predicted octanol–water partition coefficient (Wildman–Crippen LogP) is 23.2. The molecule has 1 aliphatic rings. The molecule has 0 fully saturated rings. The Morgan fingerprint density at radius 3 is 1.05 bits per heavy atom. The van der Waals surface area contributed by atoms with Gasteiger partial charge in [-0.05, 0) is 196 Å². The van der Waals surface area contributed by atoms with E-state index in [1.165, 1.54) is 16.7 Å². The van der Waals surface area contributed by atoms with E-state index in [1.54, 1.807) is 0 Å². The Morgan fingerprint density at radius 2 is 0.565 bits per heavy atom. The zero-order valence-electron chi connectivity index (χ0n) is 57.9. The molecule has 0 spiro atoms. The maximum Gasteiger partial charge on any atom is 0.0971 e. The van der Waals surface area contributed by atoms with Gasteiger partial charge in [0.15, 0.2) is 0 Å². The first-order valence-corrected chi connectivity index (χ1v) is 36.0.